The number of pyridine rings is 1. The Morgan fingerprint density at radius 1 is 1.45 bits per heavy atom. The average Bonchev–Trinajstić information content (AvgIpc) is 2.43. The Kier molecular flexibility index (Phi) is 10.5. The Hall–Kier alpha value is -1.49. The van der Waals surface area contributed by atoms with Gasteiger partial charge in [-0.2, -0.15) is 0 Å². The van der Waals surface area contributed by atoms with Crippen LogP contribution in [0.25, 0.3) is 0 Å². The molecule has 20 heavy (non-hydrogen) atoms. The van der Waals surface area contributed by atoms with Gasteiger partial charge in [0.05, 0.1) is 19.7 Å². The van der Waals surface area contributed by atoms with Gasteiger partial charge < -0.3 is 15.4 Å². The molecule has 1 heterocycles. The van der Waals surface area contributed by atoms with Gasteiger partial charge in [-0.3, -0.25) is 0 Å². The minimum Gasteiger partial charge on any atom is -0.478 e. The number of halogens is 1. The summed E-state index contributed by atoms with van der Waals surface area (Å²) >= 11 is 0. The summed E-state index contributed by atoms with van der Waals surface area (Å²) in [5.41, 5.74) is 0.947. The predicted octanol–water partition coefficient (Wildman–Crippen LogP) is 1.79. The molecule has 2 N–H and O–H groups in total. The van der Waals surface area contributed by atoms with Gasteiger partial charge in [0.1, 0.15) is 0 Å². The molecular formula is C14H21IN4O. The highest BCUT2D eigenvalue weighted by Gasteiger charge is 2.03. The Morgan fingerprint density at radius 3 is 2.90 bits per heavy atom. The lowest BCUT2D eigenvalue weighted by molar-refractivity contribution is 0.323. The van der Waals surface area contributed by atoms with Gasteiger partial charge in [0, 0.05) is 18.3 Å². The van der Waals surface area contributed by atoms with Crippen molar-refractivity contribution >= 4 is 29.9 Å². The molecule has 0 unspecified atom stereocenters. The molecule has 0 saturated heterocycles. The lowest BCUT2D eigenvalue weighted by Crippen LogP contribution is -2.37. The first-order valence-corrected chi connectivity index (χ1v) is 6.34. The van der Waals surface area contributed by atoms with Crippen molar-refractivity contribution in [3.05, 3.63) is 23.9 Å². The maximum atomic E-state index is 5.46. The fourth-order valence-corrected chi connectivity index (χ4v) is 1.45. The summed E-state index contributed by atoms with van der Waals surface area (Å²) in [7, 11) is 0. The highest BCUT2D eigenvalue weighted by Crippen LogP contribution is 2.14. The molecule has 0 aromatic carbocycles. The van der Waals surface area contributed by atoms with E-state index in [2.05, 4.69) is 26.5 Å². The van der Waals surface area contributed by atoms with Crippen LogP contribution in [0.3, 0.4) is 0 Å². The fraction of sp³-hybridized carbons (Fsp3) is 0.429. The number of guanidine groups is 1. The molecule has 0 atom stereocenters. The van der Waals surface area contributed by atoms with Crippen LogP contribution in [0, 0.1) is 12.3 Å². The lowest BCUT2D eigenvalue weighted by atomic mass is 10.3. The number of hydrogen-bond acceptors (Lipinski definition) is 3. The molecule has 5 nitrogen and oxygen atoms in total. The summed E-state index contributed by atoms with van der Waals surface area (Å²) in [6, 6.07) is 3.82. The molecule has 0 radical (unpaired) electrons. The van der Waals surface area contributed by atoms with E-state index in [4.69, 9.17) is 11.2 Å². The van der Waals surface area contributed by atoms with Crippen molar-refractivity contribution in [2.45, 2.75) is 20.4 Å². The normalized spacial score (nSPS) is 10.2. The van der Waals surface area contributed by atoms with Gasteiger partial charge >= 0.3 is 0 Å². The topological polar surface area (TPSA) is 58.5 Å². The van der Waals surface area contributed by atoms with E-state index in [1.807, 2.05) is 26.0 Å². The first kappa shape index (κ1) is 18.5. The van der Waals surface area contributed by atoms with Crippen LogP contribution in [0.1, 0.15) is 19.4 Å². The Morgan fingerprint density at radius 2 is 2.25 bits per heavy atom. The predicted molar refractivity (Wildman–Crippen MR) is 92.5 cm³/mol. The molecule has 0 fully saturated rings. The van der Waals surface area contributed by atoms with E-state index in [-0.39, 0.29) is 24.0 Å². The summed E-state index contributed by atoms with van der Waals surface area (Å²) in [6.07, 6.45) is 6.93. The number of nitrogens with one attached hydrogen (secondary N) is 2. The van der Waals surface area contributed by atoms with E-state index in [1.165, 1.54) is 0 Å². The summed E-state index contributed by atoms with van der Waals surface area (Å²) in [5.74, 6) is 3.83. The number of ether oxygens (including phenoxy) is 1. The molecular weight excluding hydrogens is 367 g/mol. The molecule has 0 amide bonds. The second-order valence-corrected chi connectivity index (χ2v) is 3.65. The number of hydrogen-bond donors (Lipinski definition) is 2. The molecule has 110 valence electrons. The Bertz CT molecular complexity index is 457. The van der Waals surface area contributed by atoms with E-state index < -0.39 is 0 Å². The summed E-state index contributed by atoms with van der Waals surface area (Å²) < 4.78 is 5.46. The van der Waals surface area contributed by atoms with Gasteiger partial charge in [-0.1, -0.05) is 12.0 Å². The second-order valence-electron chi connectivity index (χ2n) is 3.65. The van der Waals surface area contributed by atoms with E-state index >= 15 is 0 Å². The van der Waals surface area contributed by atoms with Crippen molar-refractivity contribution in [3.8, 4) is 18.2 Å². The van der Waals surface area contributed by atoms with Gasteiger partial charge in [0.2, 0.25) is 5.88 Å². The fourth-order valence-electron chi connectivity index (χ4n) is 1.45. The molecule has 0 aliphatic heterocycles. The third-order valence-corrected chi connectivity index (χ3v) is 2.24. The van der Waals surface area contributed by atoms with E-state index in [0.29, 0.717) is 31.5 Å². The van der Waals surface area contributed by atoms with Crippen molar-refractivity contribution in [3.63, 3.8) is 0 Å². The van der Waals surface area contributed by atoms with E-state index in [1.54, 1.807) is 6.20 Å². The molecule has 0 bridgehead atoms. The molecule has 0 spiro atoms. The second kappa shape index (κ2) is 11.3. The molecule has 1 rings (SSSR count). The molecule has 1 aromatic rings. The summed E-state index contributed by atoms with van der Waals surface area (Å²) in [5, 5.41) is 6.15. The number of rotatable bonds is 6. The highest BCUT2D eigenvalue weighted by atomic mass is 127. The molecule has 0 aliphatic rings. The van der Waals surface area contributed by atoms with E-state index in [9.17, 15) is 0 Å². The number of aromatic nitrogens is 1. The minimum atomic E-state index is 0. The number of terminal acetylenes is 1. The summed E-state index contributed by atoms with van der Waals surface area (Å²) in [4.78, 5) is 8.63. The third kappa shape index (κ3) is 6.61. The quantitative estimate of drug-likeness (QED) is 0.338. The van der Waals surface area contributed by atoms with Crippen LogP contribution >= 0.6 is 24.0 Å². The number of aliphatic imine (C=N–C) groups is 1. The SMILES string of the molecule is C#CCNC(=NCc1cccnc1OCC)NCC.I. The van der Waals surface area contributed by atoms with Crippen molar-refractivity contribution < 1.29 is 4.74 Å². The van der Waals surface area contributed by atoms with Crippen LogP contribution in [0.5, 0.6) is 5.88 Å². The first-order chi connectivity index (χ1) is 9.31. The maximum Gasteiger partial charge on any atom is 0.218 e. The standard InChI is InChI=1S/C14H20N4O.HI/c1-4-9-17-14(15-5-2)18-11-12-8-7-10-16-13(12)19-6-3;/h1,7-8,10H,5-6,9,11H2,2-3H3,(H2,15,17,18);1H. The smallest absolute Gasteiger partial charge is 0.218 e. The Balaban J connectivity index is 0.00000361. The zero-order chi connectivity index (χ0) is 13.9. The lowest BCUT2D eigenvalue weighted by Gasteiger charge is -2.10. The zero-order valence-electron chi connectivity index (χ0n) is 11.8. The van der Waals surface area contributed by atoms with Crippen LogP contribution in [-0.4, -0.2) is 30.6 Å². The van der Waals surface area contributed by atoms with Gasteiger partial charge in [0.25, 0.3) is 0 Å². The van der Waals surface area contributed by atoms with Gasteiger partial charge in [0.15, 0.2) is 5.96 Å². The van der Waals surface area contributed by atoms with Crippen LogP contribution in [-0.2, 0) is 6.54 Å². The van der Waals surface area contributed by atoms with Crippen LogP contribution < -0.4 is 15.4 Å². The molecule has 1 aromatic heterocycles. The maximum absolute atomic E-state index is 5.46. The average molecular weight is 388 g/mol. The molecule has 0 aliphatic carbocycles. The van der Waals surface area contributed by atoms with Crippen molar-refractivity contribution in [2.24, 2.45) is 4.99 Å². The van der Waals surface area contributed by atoms with Gasteiger partial charge in [-0.05, 0) is 19.9 Å². The van der Waals surface area contributed by atoms with Crippen LogP contribution in [0.4, 0.5) is 0 Å². The van der Waals surface area contributed by atoms with Crippen LogP contribution in [0.2, 0.25) is 0 Å². The monoisotopic (exact) mass is 388 g/mol. The summed E-state index contributed by atoms with van der Waals surface area (Å²) in [6.45, 7) is 6.23. The Labute approximate surface area is 137 Å². The van der Waals surface area contributed by atoms with Crippen LogP contribution in [0.15, 0.2) is 23.3 Å². The molecule has 6 heteroatoms. The highest BCUT2D eigenvalue weighted by molar-refractivity contribution is 14.0. The number of nitrogens with zero attached hydrogens (tertiary/aromatic N) is 2. The largest absolute Gasteiger partial charge is 0.478 e. The zero-order valence-corrected chi connectivity index (χ0v) is 14.2. The van der Waals surface area contributed by atoms with Gasteiger partial charge in [-0.25, -0.2) is 9.98 Å². The van der Waals surface area contributed by atoms with E-state index in [0.717, 1.165) is 12.1 Å². The van der Waals surface area contributed by atoms with Gasteiger partial charge in [-0.15, -0.1) is 30.4 Å². The first-order valence-electron chi connectivity index (χ1n) is 6.34. The third-order valence-electron chi connectivity index (χ3n) is 2.24. The molecule has 0 saturated carbocycles. The minimum absolute atomic E-state index is 0. The van der Waals surface area contributed by atoms with Crippen molar-refractivity contribution in [2.75, 3.05) is 19.7 Å². The van der Waals surface area contributed by atoms with Crippen molar-refractivity contribution in [1.29, 1.82) is 0 Å². The van der Waals surface area contributed by atoms with Crippen molar-refractivity contribution in [1.82, 2.24) is 15.6 Å².